The Bertz CT molecular complexity index is 402. The summed E-state index contributed by atoms with van der Waals surface area (Å²) in [7, 11) is 0. The zero-order valence-electron chi connectivity index (χ0n) is 11.3. The van der Waals surface area contributed by atoms with Gasteiger partial charge in [-0.2, -0.15) is 0 Å². The first kappa shape index (κ1) is 14.5. The highest BCUT2D eigenvalue weighted by Crippen LogP contribution is 2.24. The Morgan fingerprint density at radius 1 is 1.32 bits per heavy atom. The van der Waals surface area contributed by atoms with Crippen LogP contribution in [0.1, 0.15) is 31.4 Å². The molecule has 1 aliphatic rings. The molecule has 1 aromatic carbocycles. The number of nitrogens with zero attached hydrogens (tertiary/aromatic N) is 1. The van der Waals surface area contributed by atoms with Gasteiger partial charge < -0.3 is 5.32 Å². The molecule has 104 valence electrons. The summed E-state index contributed by atoms with van der Waals surface area (Å²) in [6, 6.07) is 10.7. The molecule has 1 fully saturated rings. The Kier molecular flexibility index (Phi) is 5.40. The Balaban J connectivity index is 2.04. The molecule has 1 aliphatic heterocycles. The lowest BCUT2D eigenvalue weighted by Gasteiger charge is -2.28. The van der Waals surface area contributed by atoms with Crippen LogP contribution in [0.5, 0.6) is 0 Å². The number of benzene rings is 1. The van der Waals surface area contributed by atoms with Crippen molar-refractivity contribution < 1.29 is 4.79 Å². The maximum atomic E-state index is 11.7. The number of carbonyl (C=O) groups excluding carboxylic acids is 1. The van der Waals surface area contributed by atoms with Crippen LogP contribution in [0.4, 0.5) is 0 Å². The van der Waals surface area contributed by atoms with Crippen molar-refractivity contribution in [2.45, 2.75) is 30.6 Å². The molecule has 2 unspecified atom stereocenters. The molecule has 2 rings (SSSR count). The predicted octanol–water partition coefficient (Wildman–Crippen LogP) is 2.72. The van der Waals surface area contributed by atoms with Gasteiger partial charge in [-0.3, -0.25) is 9.69 Å². The molecule has 0 aromatic heterocycles. The van der Waals surface area contributed by atoms with Crippen LogP contribution >= 0.6 is 15.9 Å². The quantitative estimate of drug-likeness (QED) is 0.845. The van der Waals surface area contributed by atoms with Crippen molar-refractivity contribution in [3.05, 3.63) is 35.9 Å². The largest absolute Gasteiger partial charge is 0.353 e. The fourth-order valence-corrected chi connectivity index (χ4v) is 2.69. The molecule has 0 spiro atoms. The zero-order valence-corrected chi connectivity index (χ0v) is 12.9. The SMILES string of the molecule is CC(Br)C(=O)NCC(c1ccccc1)N1CCCC1. The number of nitrogens with one attached hydrogen (secondary N) is 1. The van der Waals surface area contributed by atoms with E-state index in [9.17, 15) is 4.79 Å². The second-order valence-electron chi connectivity index (χ2n) is 5.03. The van der Waals surface area contributed by atoms with Gasteiger partial charge in [-0.05, 0) is 38.4 Å². The monoisotopic (exact) mass is 324 g/mol. The molecule has 4 heteroatoms. The van der Waals surface area contributed by atoms with E-state index in [4.69, 9.17) is 0 Å². The van der Waals surface area contributed by atoms with Gasteiger partial charge in [0, 0.05) is 6.54 Å². The minimum Gasteiger partial charge on any atom is -0.353 e. The molecule has 1 amide bonds. The molecular formula is C15H21BrN2O. The van der Waals surface area contributed by atoms with E-state index in [1.165, 1.54) is 18.4 Å². The number of carbonyl (C=O) groups is 1. The number of amides is 1. The highest BCUT2D eigenvalue weighted by Gasteiger charge is 2.24. The summed E-state index contributed by atoms with van der Waals surface area (Å²) in [6.45, 7) is 4.78. The Morgan fingerprint density at radius 3 is 2.53 bits per heavy atom. The summed E-state index contributed by atoms with van der Waals surface area (Å²) < 4.78 is 0. The maximum Gasteiger partial charge on any atom is 0.233 e. The Hall–Kier alpha value is -0.870. The number of likely N-dealkylation sites (tertiary alicyclic amines) is 1. The van der Waals surface area contributed by atoms with E-state index in [2.05, 4.69) is 50.4 Å². The molecule has 0 saturated carbocycles. The third-order valence-electron chi connectivity index (χ3n) is 3.60. The van der Waals surface area contributed by atoms with E-state index in [-0.39, 0.29) is 10.7 Å². The molecular weight excluding hydrogens is 304 g/mol. The highest BCUT2D eigenvalue weighted by molar-refractivity contribution is 9.10. The number of hydrogen-bond acceptors (Lipinski definition) is 2. The second kappa shape index (κ2) is 7.06. The summed E-state index contributed by atoms with van der Waals surface area (Å²) in [5.41, 5.74) is 1.28. The molecule has 1 aromatic rings. The number of alkyl halides is 1. The van der Waals surface area contributed by atoms with Crippen molar-refractivity contribution >= 4 is 21.8 Å². The fraction of sp³-hybridized carbons (Fsp3) is 0.533. The van der Waals surface area contributed by atoms with E-state index in [1.54, 1.807) is 0 Å². The molecule has 3 nitrogen and oxygen atoms in total. The molecule has 0 aliphatic carbocycles. The summed E-state index contributed by atoms with van der Waals surface area (Å²) in [5.74, 6) is 0.0557. The van der Waals surface area contributed by atoms with Crippen LogP contribution in [0.25, 0.3) is 0 Å². The smallest absolute Gasteiger partial charge is 0.233 e. The molecule has 1 N–H and O–H groups in total. The van der Waals surface area contributed by atoms with Gasteiger partial charge in [-0.1, -0.05) is 46.3 Å². The van der Waals surface area contributed by atoms with Crippen molar-refractivity contribution in [1.29, 1.82) is 0 Å². The summed E-state index contributed by atoms with van der Waals surface area (Å²) >= 11 is 3.30. The van der Waals surface area contributed by atoms with Crippen LogP contribution < -0.4 is 5.32 Å². The van der Waals surface area contributed by atoms with Crippen LogP contribution in [0.3, 0.4) is 0 Å². The van der Waals surface area contributed by atoms with E-state index in [0.717, 1.165) is 13.1 Å². The summed E-state index contributed by atoms with van der Waals surface area (Å²) in [4.78, 5) is 14.0. The Labute approximate surface area is 123 Å². The predicted molar refractivity (Wildman–Crippen MR) is 81.4 cm³/mol. The topological polar surface area (TPSA) is 32.3 Å². The standard InChI is InChI=1S/C15H21BrN2O/c1-12(16)15(19)17-11-14(18-9-5-6-10-18)13-7-3-2-4-8-13/h2-4,7-8,12,14H,5-6,9-11H2,1H3,(H,17,19). The van der Waals surface area contributed by atoms with E-state index in [0.29, 0.717) is 12.6 Å². The molecule has 2 atom stereocenters. The molecule has 1 heterocycles. The lowest BCUT2D eigenvalue weighted by molar-refractivity contribution is -0.120. The lowest BCUT2D eigenvalue weighted by Crippen LogP contribution is -2.38. The Morgan fingerprint density at radius 2 is 1.95 bits per heavy atom. The highest BCUT2D eigenvalue weighted by atomic mass is 79.9. The first-order valence-corrected chi connectivity index (χ1v) is 7.81. The average molecular weight is 325 g/mol. The number of hydrogen-bond donors (Lipinski definition) is 1. The second-order valence-corrected chi connectivity index (χ2v) is 6.40. The van der Waals surface area contributed by atoms with E-state index >= 15 is 0 Å². The van der Waals surface area contributed by atoms with Gasteiger partial charge in [0.05, 0.1) is 10.9 Å². The van der Waals surface area contributed by atoms with Crippen molar-refractivity contribution in [3.63, 3.8) is 0 Å². The van der Waals surface area contributed by atoms with Crippen LogP contribution in [0.15, 0.2) is 30.3 Å². The molecule has 1 saturated heterocycles. The summed E-state index contributed by atoms with van der Waals surface area (Å²) in [6.07, 6.45) is 2.51. The van der Waals surface area contributed by atoms with Crippen LogP contribution in [0.2, 0.25) is 0 Å². The van der Waals surface area contributed by atoms with E-state index < -0.39 is 0 Å². The van der Waals surface area contributed by atoms with Crippen molar-refractivity contribution in [2.24, 2.45) is 0 Å². The van der Waals surface area contributed by atoms with Crippen molar-refractivity contribution in [3.8, 4) is 0 Å². The first-order valence-electron chi connectivity index (χ1n) is 6.89. The lowest BCUT2D eigenvalue weighted by atomic mass is 10.1. The van der Waals surface area contributed by atoms with Gasteiger partial charge in [0.1, 0.15) is 0 Å². The van der Waals surface area contributed by atoms with Crippen LogP contribution in [-0.4, -0.2) is 35.3 Å². The van der Waals surface area contributed by atoms with Crippen molar-refractivity contribution in [1.82, 2.24) is 10.2 Å². The maximum absolute atomic E-state index is 11.7. The van der Waals surface area contributed by atoms with Crippen LogP contribution in [0, 0.1) is 0 Å². The zero-order chi connectivity index (χ0) is 13.7. The third kappa shape index (κ3) is 4.05. The van der Waals surface area contributed by atoms with Crippen LogP contribution in [-0.2, 0) is 4.79 Å². The van der Waals surface area contributed by atoms with Gasteiger partial charge >= 0.3 is 0 Å². The first-order chi connectivity index (χ1) is 9.18. The number of halogens is 1. The van der Waals surface area contributed by atoms with Gasteiger partial charge in [-0.15, -0.1) is 0 Å². The summed E-state index contributed by atoms with van der Waals surface area (Å²) in [5, 5.41) is 3.03. The van der Waals surface area contributed by atoms with Crippen molar-refractivity contribution in [2.75, 3.05) is 19.6 Å². The minimum atomic E-state index is -0.137. The fourth-order valence-electron chi connectivity index (χ4n) is 2.52. The number of rotatable bonds is 5. The van der Waals surface area contributed by atoms with Gasteiger partial charge in [0.2, 0.25) is 5.91 Å². The van der Waals surface area contributed by atoms with Gasteiger partial charge in [0.15, 0.2) is 0 Å². The molecule has 19 heavy (non-hydrogen) atoms. The molecule has 0 radical (unpaired) electrons. The normalized spacial score (nSPS) is 19.1. The third-order valence-corrected chi connectivity index (χ3v) is 4.01. The minimum absolute atomic E-state index is 0.0557. The van der Waals surface area contributed by atoms with Gasteiger partial charge in [-0.25, -0.2) is 0 Å². The van der Waals surface area contributed by atoms with Gasteiger partial charge in [0.25, 0.3) is 0 Å². The average Bonchev–Trinajstić information content (AvgIpc) is 2.94. The molecule has 0 bridgehead atoms. The van der Waals surface area contributed by atoms with E-state index in [1.807, 2.05) is 13.0 Å².